The fourth-order valence-electron chi connectivity index (χ4n) is 2.06. The highest BCUT2D eigenvalue weighted by atomic mass is 35.5. The van der Waals surface area contributed by atoms with E-state index in [0.717, 1.165) is 22.0 Å². The molecule has 0 aliphatic carbocycles. The third-order valence-electron chi connectivity index (χ3n) is 2.84. The van der Waals surface area contributed by atoms with Gasteiger partial charge in [0.05, 0.1) is 10.5 Å². The van der Waals surface area contributed by atoms with E-state index in [4.69, 9.17) is 23.2 Å². The summed E-state index contributed by atoms with van der Waals surface area (Å²) in [5, 5.41) is 2.17. The van der Waals surface area contributed by atoms with Crippen molar-refractivity contribution >= 4 is 34.1 Å². The molecule has 18 heavy (non-hydrogen) atoms. The Morgan fingerprint density at radius 2 is 1.67 bits per heavy atom. The molecule has 0 aliphatic rings. The van der Waals surface area contributed by atoms with Crippen molar-refractivity contribution in [3.05, 3.63) is 64.8 Å². The van der Waals surface area contributed by atoms with Crippen LogP contribution in [-0.4, -0.2) is 4.98 Å². The molecule has 1 heterocycles. The second kappa shape index (κ2) is 4.60. The van der Waals surface area contributed by atoms with Gasteiger partial charge in [-0.1, -0.05) is 53.5 Å². The third kappa shape index (κ3) is 1.96. The van der Waals surface area contributed by atoms with E-state index in [9.17, 15) is 0 Å². The molecule has 3 aromatic rings. The number of benzene rings is 2. The van der Waals surface area contributed by atoms with Gasteiger partial charge in [-0.05, 0) is 29.3 Å². The average molecular weight is 274 g/mol. The molecule has 0 saturated heterocycles. The zero-order chi connectivity index (χ0) is 12.5. The van der Waals surface area contributed by atoms with Crippen molar-refractivity contribution in [2.24, 2.45) is 0 Å². The summed E-state index contributed by atoms with van der Waals surface area (Å²) >= 11 is 12.3. The molecule has 0 fully saturated rings. The summed E-state index contributed by atoms with van der Waals surface area (Å²) in [5.41, 5.74) is 3.00. The smallest absolute Gasteiger partial charge is 0.0738 e. The monoisotopic (exact) mass is 273 g/mol. The number of fused-ring (bicyclic) bond motifs is 1. The summed E-state index contributed by atoms with van der Waals surface area (Å²) in [4.78, 5) is 4.32. The van der Waals surface area contributed by atoms with Gasteiger partial charge < -0.3 is 0 Å². The van der Waals surface area contributed by atoms with E-state index < -0.39 is 0 Å². The summed E-state index contributed by atoms with van der Waals surface area (Å²) in [7, 11) is 0. The molecule has 2 aromatic carbocycles. The number of pyridine rings is 1. The lowest BCUT2D eigenvalue weighted by atomic mass is 10.0. The van der Waals surface area contributed by atoms with Crippen molar-refractivity contribution in [3.63, 3.8) is 0 Å². The molecular formula is C15H9Cl2N. The van der Waals surface area contributed by atoms with Gasteiger partial charge in [0.15, 0.2) is 0 Å². The zero-order valence-corrected chi connectivity index (χ0v) is 10.9. The van der Waals surface area contributed by atoms with Crippen molar-refractivity contribution in [1.82, 2.24) is 4.98 Å². The SMILES string of the molecule is Clc1cc(Cl)c2c(-c3ccccc3)ccnc2c1. The maximum absolute atomic E-state index is 6.29. The summed E-state index contributed by atoms with van der Waals surface area (Å²) < 4.78 is 0. The number of nitrogens with zero attached hydrogens (tertiary/aromatic N) is 1. The Bertz CT molecular complexity index is 708. The molecule has 1 aromatic heterocycles. The fourth-order valence-corrected chi connectivity index (χ4v) is 2.65. The molecule has 0 aliphatic heterocycles. The Morgan fingerprint density at radius 3 is 2.44 bits per heavy atom. The molecule has 0 spiro atoms. The number of aromatic nitrogens is 1. The predicted octanol–water partition coefficient (Wildman–Crippen LogP) is 5.21. The van der Waals surface area contributed by atoms with Gasteiger partial charge in [0.2, 0.25) is 0 Å². The van der Waals surface area contributed by atoms with Crippen molar-refractivity contribution in [3.8, 4) is 11.1 Å². The first-order chi connectivity index (χ1) is 8.75. The summed E-state index contributed by atoms with van der Waals surface area (Å²) in [6, 6.07) is 15.7. The molecule has 1 nitrogen and oxygen atoms in total. The van der Waals surface area contributed by atoms with Crippen LogP contribution in [0.3, 0.4) is 0 Å². The van der Waals surface area contributed by atoms with Crippen molar-refractivity contribution < 1.29 is 0 Å². The summed E-state index contributed by atoms with van der Waals surface area (Å²) in [5.74, 6) is 0. The molecule has 0 atom stereocenters. The zero-order valence-electron chi connectivity index (χ0n) is 9.40. The van der Waals surface area contributed by atoms with Gasteiger partial charge in [0.1, 0.15) is 0 Å². The van der Waals surface area contributed by atoms with Crippen molar-refractivity contribution in [2.45, 2.75) is 0 Å². The third-order valence-corrected chi connectivity index (χ3v) is 3.36. The first-order valence-corrected chi connectivity index (χ1v) is 6.30. The Morgan fingerprint density at radius 1 is 0.889 bits per heavy atom. The standard InChI is InChI=1S/C15H9Cl2N/c16-11-8-13(17)15-12(6-7-18-14(15)9-11)10-4-2-1-3-5-10/h1-9H. The van der Waals surface area contributed by atoms with Gasteiger partial charge in [-0.15, -0.1) is 0 Å². The molecule has 0 bridgehead atoms. The van der Waals surface area contributed by atoms with E-state index in [2.05, 4.69) is 17.1 Å². The highest BCUT2D eigenvalue weighted by Gasteiger charge is 2.09. The Hall–Kier alpha value is -1.57. The maximum Gasteiger partial charge on any atom is 0.0738 e. The minimum Gasteiger partial charge on any atom is -0.256 e. The fraction of sp³-hybridized carbons (Fsp3) is 0. The lowest BCUT2D eigenvalue weighted by molar-refractivity contribution is 1.41. The van der Waals surface area contributed by atoms with Gasteiger partial charge in [-0.25, -0.2) is 0 Å². The summed E-state index contributed by atoms with van der Waals surface area (Å²) in [6.07, 6.45) is 1.78. The minimum atomic E-state index is 0.602. The van der Waals surface area contributed by atoms with Crippen molar-refractivity contribution in [1.29, 1.82) is 0 Å². The topological polar surface area (TPSA) is 12.9 Å². The molecule has 0 amide bonds. The second-order valence-corrected chi connectivity index (χ2v) is 4.85. The summed E-state index contributed by atoms with van der Waals surface area (Å²) in [6.45, 7) is 0. The molecule has 88 valence electrons. The van der Waals surface area contributed by atoms with E-state index in [1.807, 2.05) is 30.3 Å². The molecule has 0 N–H and O–H groups in total. The highest BCUT2D eigenvalue weighted by molar-refractivity contribution is 6.39. The van der Waals surface area contributed by atoms with Gasteiger partial charge >= 0.3 is 0 Å². The van der Waals surface area contributed by atoms with Gasteiger partial charge in [0.25, 0.3) is 0 Å². The van der Waals surface area contributed by atoms with Crippen LogP contribution < -0.4 is 0 Å². The van der Waals surface area contributed by atoms with E-state index in [-0.39, 0.29) is 0 Å². The first-order valence-electron chi connectivity index (χ1n) is 5.55. The normalized spacial score (nSPS) is 10.8. The van der Waals surface area contributed by atoms with Crippen LogP contribution in [-0.2, 0) is 0 Å². The van der Waals surface area contributed by atoms with Crippen LogP contribution in [0.15, 0.2) is 54.7 Å². The molecule has 3 heteroatoms. The highest BCUT2D eigenvalue weighted by Crippen LogP contribution is 2.34. The number of hydrogen-bond donors (Lipinski definition) is 0. The van der Waals surface area contributed by atoms with Crippen LogP contribution in [0.2, 0.25) is 10.0 Å². The first kappa shape index (κ1) is 11.5. The van der Waals surface area contributed by atoms with Gasteiger partial charge in [-0.3, -0.25) is 4.98 Å². The Kier molecular flexibility index (Phi) is 2.94. The van der Waals surface area contributed by atoms with Crippen LogP contribution in [0, 0.1) is 0 Å². The predicted molar refractivity (Wildman–Crippen MR) is 77.2 cm³/mol. The lowest BCUT2D eigenvalue weighted by Crippen LogP contribution is -1.85. The van der Waals surface area contributed by atoms with Crippen LogP contribution in [0.4, 0.5) is 0 Å². The maximum atomic E-state index is 6.29. The van der Waals surface area contributed by atoms with E-state index in [0.29, 0.717) is 10.0 Å². The molecule has 0 radical (unpaired) electrons. The molecular weight excluding hydrogens is 265 g/mol. The van der Waals surface area contributed by atoms with Gasteiger partial charge in [0, 0.05) is 16.6 Å². The van der Waals surface area contributed by atoms with E-state index in [1.54, 1.807) is 12.3 Å². The lowest BCUT2D eigenvalue weighted by Gasteiger charge is -2.08. The Balaban J connectivity index is 2.37. The second-order valence-electron chi connectivity index (χ2n) is 4.01. The Labute approximate surface area is 115 Å². The number of halogens is 2. The molecule has 0 saturated carbocycles. The largest absolute Gasteiger partial charge is 0.256 e. The molecule has 3 rings (SSSR count). The molecule has 0 unspecified atom stereocenters. The quantitative estimate of drug-likeness (QED) is 0.593. The van der Waals surface area contributed by atoms with Crippen molar-refractivity contribution in [2.75, 3.05) is 0 Å². The van der Waals surface area contributed by atoms with E-state index >= 15 is 0 Å². The number of hydrogen-bond acceptors (Lipinski definition) is 1. The van der Waals surface area contributed by atoms with Crippen LogP contribution in [0.1, 0.15) is 0 Å². The van der Waals surface area contributed by atoms with Crippen LogP contribution in [0.5, 0.6) is 0 Å². The van der Waals surface area contributed by atoms with Crippen LogP contribution >= 0.6 is 23.2 Å². The average Bonchev–Trinajstić information content (AvgIpc) is 2.38. The number of rotatable bonds is 1. The van der Waals surface area contributed by atoms with Gasteiger partial charge in [-0.2, -0.15) is 0 Å². The minimum absolute atomic E-state index is 0.602. The van der Waals surface area contributed by atoms with Crippen LogP contribution in [0.25, 0.3) is 22.0 Å². The van der Waals surface area contributed by atoms with E-state index in [1.165, 1.54) is 0 Å².